The van der Waals surface area contributed by atoms with Gasteiger partial charge in [0.25, 0.3) is 0 Å². The van der Waals surface area contributed by atoms with E-state index in [0.717, 1.165) is 0 Å². The summed E-state index contributed by atoms with van der Waals surface area (Å²) in [6, 6.07) is 0. The van der Waals surface area contributed by atoms with Crippen LogP contribution in [0.3, 0.4) is 0 Å². The van der Waals surface area contributed by atoms with E-state index in [1.165, 1.54) is 0 Å². The third-order valence-corrected chi connectivity index (χ3v) is 0. The zero-order chi connectivity index (χ0) is 27.0. The summed E-state index contributed by atoms with van der Waals surface area (Å²) in [5.41, 5.74) is 0. The Morgan fingerprint density at radius 2 is 0.290 bits per heavy atom. The van der Waals surface area contributed by atoms with E-state index in [-0.39, 0.29) is 19.5 Å². The molecule has 0 aliphatic rings. The van der Waals surface area contributed by atoms with Crippen LogP contribution in [0.15, 0.2) is 0 Å². The first-order valence-corrected chi connectivity index (χ1v) is 27.0. The summed E-state index contributed by atoms with van der Waals surface area (Å²) in [4.78, 5) is 0. The van der Waals surface area contributed by atoms with Gasteiger partial charge in [-0.1, -0.05) is 0 Å². The fourth-order valence-corrected chi connectivity index (χ4v) is 0. The number of hydrogen-bond acceptors (Lipinski definition) is 12. The van der Waals surface area contributed by atoms with Crippen molar-refractivity contribution < 1.29 is 94.9 Å². The van der Waals surface area contributed by atoms with Crippen molar-refractivity contribution in [3.63, 3.8) is 0 Å². The molecule has 31 heteroatoms. The Morgan fingerprint density at radius 1 is 0.290 bits per heavy atom. The predicted molar refractivity (Wildman–Crippen MR) is 62.7 cm³/mol. The number of hydrogen-bond donors (Lipinski definition) is 6. The van der Waals surface area contributed by atoms with E-state index in [0.29, 0.717) is 0 Å². The monoisotopic (exact) mass is 1290 g/mol. The maximum Gasteiger partial charge on any atom is 0 e. The molecular weight excluding hydrogens is 1270 g/mol. The van der Waals surface area contributed by atoms with Gasteiger partial charge in [0.05, 0.1) is 0 Å². The van der Waals surface area contributed by atoms with Crippen LogP contribution in [0.2, 0.25) is 0 Å². The van der Waals surface area contributed by atoms with E-state index in [2.05, 4.69) is 0 Å². The van der Waals surface area contributed by atoms with Gasteiger partial charge in [0.15, 0.2) is 0 Å². The van der Waals surface area contributed by atoms with Crippen LogP contribution in [0.25, 0.3) is 0 Å². The molecule has 0 amide bonds. The Bertz CT molecular complexity index is 779. The number of rotatable bonds is 0. The molecule has 0 fully saturated rings. The molecule has 0 aromatic carbocycles. The molecule has 31 heavy (non-hydrogen) atoms. The van der Waals surface area contributed by atoms with Crippen LogP contribution in [0.1, 0.15) is 0 Å². The molecule has 1 radical (unpaired) electrons. The van der Waals surface area contributed by atoms with Gasteiger partial charge in [-0.25, -0.2) is 0 Å². The van der Waals surface area contributed by atoms with Crippen molar-refractivity contribution in [3.8, 4) is 0 Å². The molecule has 201 valence electrons. The van der Waals surface area contributed by atoms with E-state index in [1.807, 2.05) is 0 Å². The van der Waals surface area contributed by atoms with Gasteiger partial charge in [0, 0.05) is 19.5 Å². The zero-order valence-electron chi connectivity index (χ0n) is 12.6. The molecule has 0 spiro atoms. The fraction of sp³-hybridized carbons (Fsp3) is 0. The topological polar surface area (TPSA) is 326 Å². The van der Waals surface area contributed by atoms with Crippen molar-refractivity contribution >= 4 is 115 Å². The predicted octanol–water partition coefficient (Wildman–Crippen LogP) is -4.53. The molecule has 0 aromatic heterocycles. The summed E-state index contributed by atoms with van der Waals surface area (Å²) in [6.07, 6.45) is 0. The normalized spacial score (nSPS) is 11.2. The molecule has 0 saturated heterocycles. The molecule has 0 saturated carbocycles. The third-order valence-electron chi connectivity index (χ3n) is 0. The smallest absolute Gasteiger partial charge is 0 e. The minimum atomic E-state index is -6.02. The second-order valence-electron chi connectivity index (χ2n) is 2.47. The Hall–Kier alpha value is 2.30. The first-order valence-electron chi connectivity index (χ1n) is 4.02. The summed E-state index contributed by atoms with van der Waals surface area (Å²) < 4.78 is 207. The quantitative estimate of drug-likeness (QED) is 0.0983. The molecule has 0 bridgehead atoms. The van der Waals surface area contributed by atoms with E-state index >= 15 is 0 Å². The largest absolute Gasteiger partial charge is 0 e. The van der Waals surface area contributed by atoms with Crippen molar-refractivity contribution in [1.82, 2.24) is 0 Å². The van der Waals surface area contributed by atoms with Crippen molar-refractivity contribution in [1.29, 1.82) is 0 Å². The molecule has 18 nitrogen and oxygen atoms in total. The van der Waals surface area contributed by atoms with Crippen LogP contribution in [0, 0.1) is 0 Å². The van der Waals surface area contributed by atoms with Crippen LogP contribution < -0.4 is 0 Å². The van der Waals surface area contributed by atoms with Gasteiger partial charge in [0.2, 0.25) is 0 Å². The average molecular weight is 1280 g/mol. The average Bonchev–Trinajstić information content (AvgIpc) is 1.94. The second kappa shape index (κ2) is 21.6. The maximum absolute atomic E-state index is 10.3. The van der Waals surface area contributed by atoms with Gasteiger partial charge in [-0.3, -0.25) is 0 Å². The summed E-state index contributed by atoms with van der Waals surface area (Å²) in [7, 11) is 0. The molecule has 0 rings (SSSR count). The molecular formula is H6F6O18RhTe6. The molecule has 0 aromatic rings. The maximum atomic E-state index is 10.3. The van der Waals surface area contributed by atoms with Gasteiger partial charge < -0.3 is 0 Å². The zero-order valence-corrected chi connectivity index (χ0v) is 28.3. The van der Waals surface area contributed by atoms with Crippen LogP contribution in [-0.4, -0.2) is 136 Å². The molecule has 0 aliphatic heterocycles. The Balaban J connectivity index is -0.0000000443. The van der Waals surface area contributed by atoms with E-state index in [4.69, 9.17) is 58.1 Å². The summed E-state index contributed by atoms with van der Waals surface area (Å²) in [5.74, 6) is 0. The van der Waals surface area contributed by atoms with E-state index in [1.54, 1.807) is 0 Å². The number of halogens is 6. The summed E-state index contributed by atoms with van der Waals surface area (Å²) in [6.45, 7) is 0. The third kappa shape index (κ3) is 5600. The van der Waals surface area contributed by atoms with Crippen LogP contribution in [-0.2, 0) is 56.7 Å². The van der Waals surface area contributed by atoms with Gasteiger partial charge >= 0.3 is 190 Å². The summed E-state index contributed by atoms with van der Waals surface area (Å²) >= 11 is -36.1. The second-order valence-corrected chi connectivity index (χ2v) is 16.6. The van der Waals surface area contributed by atoms with Crippen LogP contribution in [0.5, 0.6) is 0 Å². The Labute approximate surface area is 206 Å². The molecule has 6 N–H and O–H groups in total. The molecule has 0 aliphatic carbocycles. The van der Waals surface area contributed by atoms with E-state index < -0.39 is 115 Å². The van der Waals surface area contributed by atoms with Crippen molar-refractivity contribution in [2.45, 2.75) is 0 Å². The van der Waals surface area contributed by atoms with Gasteiger partial charge in [-0.05, 0) is 0 Å². The first kappa shape index (κ1) is 50.2. The standard InChI is InChI=1S/6FHO3Te.Rh/c6*1-5(2,3)4;/h6*(H,2,3,4);. The van der Waals surface area contributed by atoms with Crippen molar-refractivity contribution in [2.75, 3.05) is 0 Å². The first-order chi connectivity index (χ1) is 12.0. The van der Waals surface area contributed by atoms with Gasteiger partial charge in [0.1, 0.15) is 0 Å². The van der Waals surface area contributed by atoms with Crippen molar-refractivity contribution in [3.05, 3.63) is 0 Å². The SMILES string of the molecule is O=[Te](=O)(O)F.O=[Te](=O)(O)F.O=[Te](=O)(O)F.O=[Te](=O)(O)F.O=[Te](=O)(O)F.O=[Te](=O)(O)F.[Rh]. The minimum Gasteiger partial charge on any atom is 0 e. The Kier molecular flexibility index (Phi) is 35.0. The Morgan fingerprint density at radius 3 is 0.290 bits per heavy atom. The van der Waals surface area contributed by atoms with Crippen molar-refractivity contribution in [2.24, 2.45) is 0 Å². The molecule has 0 atom stereocenters. The van der Waals surface area contributed by atoms with Gasteiger partial charge in [-0.15, -0.1) is 0 Å². The van der Waals surface area contributed by atoms with Crippen LogP contribution >= 0.6 is 0 Å². The minimum absolute atomic E-state index is 0. The fourth-order valence-electron chi connectivity index (χ4n) is 0. The molecule has 0 heterocycles. The van der Waals surface area contributed by atoms with Gasteiger partial charge in [-0.2, -0.15) is 0 Å². The van der Waals surface area contributed by atoms with Crippen LogP contribution in [0.4, 0.5) is 17.4 Å². The van der Waals surface area contributed by atoms with E-state index in [9.17, 15) is 17.4 Å². The summed E-state index contributed by atoms with van der Waals surface area (Å²) in [5, 5.41) is 0. The molecule has 0 unspecified atom stereocenters.